The molecule has 2 aromatic carbocycles. The summed E-state index contributed by atoms with van der Waals surface area (Å²) in [6.07, 6.45) is 0. The minimum Gasteiger partial charge on any atom is -0.507 e. The molecule has 182 valence electrons. The van der Waals surface area contributed by atoms with Crippen LogP contribution < -0.4 is 4.74 Å². The normalized spacial score (nSPS) is 17.7. The van der Waals surface area contributed by atoms with Crippen LogP contribution in [0.15, 0.2) is 54.1 Å². The van der Waals surface area contributed by atoms with E-state index in [-0.39, 0.29) is 11.3 Å². The molecule has 1 aliphatic heterocycles. The molecule has 0 bridgehead atoms. The molecule has 0 spiro atoms. The molecule has 1 fully saturated rings. The average molecular weight is 485 g/mol. The summed E-state index contributed by atoms with van der Waals surface area (Å²) >= 11 is 6.08. The SMILES string of the molecule is CCN(CC)CCN1C(=O)C(=O)/C(=C(/O)c2ccc(OCC(C)C)cc2)[C@@H]1c1ccc(Cl)cc1. The van der Waals surface area contributed by atoms with Crippen molar-refractivity contribution in [2.75, 3.05) is 32.8 Å². The minimum atomic E-state index is -0.690. The zero-order chi connectivity index (χ0) is 24.8. The summed E-state index contributed by atoms with van der Waals surface area (Å²) in [5.74, 6) is -0.416. The van der Waals surface area contributed by atoms with Crippen LogP contribution in [0.25, 0.3) is 5.76 Å². The Morgan fingerprint density at radius 1 is 1.06 bits per heavy atom. The Balaban J connectivity index is 2.00. The molecule has 0 unspecified atom stereocenters. The Bertz CT molecular complexity index is 1030. The Morgan fingerprint density at radius 3 is 2.24 bits per heavy atom. The van der Waals surface area contributed by atoms with E-state index in [0.29, 0.717) is 41.9 Å². The van der Waals surface area contributed by atoms with Gasteiger partial charge in [0.1, 0.15) is 11.5 Å². The van der Waals surface area contributed by atoms with Crippen LogP contribution in [-0.2, 0) is 9.59 Å². The topological polar surface area (TPSA) is 70.1 Å². The highest BCUT2D eigenvalue weighted by atomic mass is 35.5. The van der Waals surface area contributed by atoms with Gasteiger partial charge < -0.3 is 19.6 Å². The zero-order valence-corrected chi connectivity index (χ0v) is 21.0. The van der Waals surface area contributed by atoms with Crippen molar-refractivity contribution in [3.8, 4) is 5.75 Å². The van der Waals surface area contributed by atoms with Gasteiger partial charge in [-0.15, -0.1) is 0 Å². The molecule has 1 N–H and O–H groups in total. The monoisotopic (exact) mass is 484 g/mol. The second-order valence-electron chi connectivity index (χ2n) is 8.80. The highest BCUT2D eigenvalue weighted by molar-refractivity contribution is 6.46. The molecule has 6 nitrogen and oxygen atoms in total. The molecule has 3 rings (SSSR count). The van der Waals surface area contributed by atoms with Gasteiger partial charge in [-0.25, -0.2) is 0 Å². The van der Waals surface area contributed by atoms with Crippen molar-refractivity contribution in [2.24, 2.45) is 5.92 Å². The van der Waals surface area contributed by atoms with Crippen molar-refractivity contribution >= 4 is 29.1 Å². The second-order valence-corrected chi connectivity index (χ2v) is 9.24. The quantitative estimate of drug-likeness (QED) is 0.287. The van der Waals surface area contributed by atoms with Crippen LogP contribution in [0.5, 0.6) is 5.75 Å². The van der Waals surface area contributed by atoms with Gasteiger partial charge in [0.05, 0.1) is 18.2 Å². The molecule has 1 amide bonds. The van der Waals surface area contributed by atoms with E-state index in [4.69, 9.17) is 16.3 Å². The van der Waals surface area contributed by atoms with Gasteiger partial charge in [-0.3, -0.25) is 9.59 Å². The number of benzene rings is 2. The average Bonchev–Trinajstić information content (AvgIpc) is 3.08. The first-order chi connectivity index (χ1) is 16.3. The van der Waals surface area contributed by atoms with Gasteiger partial charge >= 0.3 is 0 Å². The number of aliphatic hydroxyl groups is 1. The maximum atomic E-state index is 13.1. The number of carbonyl (C=O) groups is 2. The molecular weight excluding hydrogens is 452 g/mol. The van der Waals surface area contributed by atoms with Gasteiger partial charge in [0, 0.05) is 23.7 Å². The molecule has 1 heterocycles. The highest BCUT2D eigenvalue weighted by Crippen LogP contribution is 2.39. The smallest absolute Gasteiger partial charge is 0.295 e. The first-order valence-corrected chi connectivity index (χ1v) is 12.1. The van der Waals surface area contributed by atoms with Crippen molar-refractivity contribution < 1.29 is 19.4 Å². The van der Waals surface area contributed by atoms with E-state index in [2.05, 4.69) is 32.6 Å². The number of rotatable bonds is 10. The van der Waals surface area contributed by atoms with E-state index in [0.717, 1.165) is 18.7 Å². The van der Waals surface area contributed by atoms with E-state index in [9.17, 15) is 14.7 Å². The summed E-state index contributed by atoms with van der Waals surface area (Å²) in [6.45, 7) is 11.5. The molecule has 0 radical (unpaired) electrons. The predicted octanol–water partition coefficient (Wildman–Crippen LogP) is 5.14. The number of hydrogen-bond donors (Lipinski definition) is 1. The van der Waals surface area contributed by atoms with Crippen molar-refractivity contribution in [3.63, 3.8) is 0 Å². The molecule has 2 aromatic rings. The fourth-order valence-corrected chi connectivity index (χ4v) is 4.14. The molecule has 1 atom stereocenters. The lowest BCUT2D eigenvalue weighted by Gasteiger charge is -2.28. The number of Topliss-reactive ketones (excluding diaryl/α,β-unsaturated/α-hetero) is 1. The third-order valence-electron chi connectivity index (χ3n) is 5.99. The number of aliphatic hydroxyl groups excluding tert-OH is 1. The second kappa shape index (κ2) is 11.5. The molecule has 7 heteroatoms. The van der Waals surface area contributed by atoms with Gasteiger partial charge in [-0.2, -0.15) is 0 Å². The van der Waals surface area contributed by atoms with Gasteiger partial charge in [-0.1, -0.05) is 51.4 Å². The fourth-order valence-electron chi connectivity index (χ4n) is 4.02. The number of ketones is 1. The lowest BCUT2D eigenvalue weighted by Crippen LogP contribution is -2.38. The Hall–Kier alpha value is -2.83. The summed E-state index contributed by atoms with van der Waals surface area (Å²) < 4.78 is 5.72. The molecule has 0 saturated carbocycles. The van der Waals surface area contributed by atoms with Crippen molar-refractivity contribution in [2.45, 2.75) is 33.7 Å². The van der Waals surface area contributed by atoms with Crippen LogP contribution in [0.3, 0.4) is 0 Å². The highest BCUT2D eigenvalue weighted by Gasteiger charge is 2.45. The number of amides is 1. The third-order valence-corrected chi connectivity index (χ3v) is 6.24. The van der Waals surface area contributed by atoms with Crippen LogP contribution >= 0.6 is 11.6 Å². The Labute approximate surface area is 206 Å². The third kappa shape index (κ3) is 5.80. The van der Waals surface area contributed by atoms with Gasteiger partial charge in [0.2, 0.25) is 0 Å². The number of carbonyl (C=O) groups excluding carboxylic acids is 2. The maximum Gasteiger partial charge on any atom is 0.295 e. The molecular formula is C27H33ClN2O4. The van der Waals surface area contributed by atoms with E-state index in [1.54, 1.807) is 53.4 Å². The minimum absolute atomic E-state index is 0.0859. The van der Waals surface area contributed by atoms with Crippen molar-refractivity contribution in [1.82, 2.24) is 9.80 Å². The lowest BCUT2D eigenvalue weighted by molar-refractivity contribution is -0.140. The van der Waals surface area contributed by atoms with Crippen molar-refractivity contribution in [3.05, 3.63) is 70.3 Å². The molecule has 1 saturated heterocycles. The fraction of sp³-hybridized carbons (Fsp3) is 0.407. The molecule has 0 aliphatic carbocycles. The standard InChI is InChI=1S/C27H33ClN2O4/c1-5-29(6-2)15-16-30-24(19-7-11-21(28)12-8-19)23(26(32)27(30)33)25(31)20-9-13-22(14-10-20)34-17-18(3)4/h7-14,18,24,31H,5-6,15-17H2,1-4H3/b25-23+/t24-/m0/s1. The van der Waals surface area contributed by atoms with E-state index >= 15 is 0 Å². The van der Waals surface area contributed by atoms with E-state index in [1.807, 2.05) is 0 Å². The summed E-state index contributed by atoms with van der Waals surface area (Å²) in [5.41, 5.74) is 1.27. The first-order valence-electron chi connectivity index (χ1n) is 11.8. The van der Waals surface area contributed by atoms with Gasteiger partial charge in [0.15, 0.2) is 0 Å². The number of halogens is 1. The number of hydrogen-bond acceptors (Lipinski definition) is 5. The van der Waals surface area contributed by atoms with Crippen LogP contribution in [0.4, 0.5) is 0 Å². The summed E-state index contributed by atoms with van der Waals surface area (Å²) in [6, 6.07) is 13.3. The number of likely N-dealkylation sites (N-methyl/N-ethyl adjacent to an activating group) is 1. The van der Waals surface area contributed by atoms with Crippen LogP contribution in [0.1, 0.15) is 44.9 Å². The first kappa shape index (κ1) is 25.8. The summed E-state index contributed by atoms with van der Waals surface area (Å²) in [4.78, 5) is 29.9. The molecule has 34 heavy (non-hydrogen) atoms. The van der Waals surface area contributed by atoms with E-state index in [1.165, 1.54) is 0 Å². The van der Waals surface area contributed by atoms with Gasteiger partial charge in [0.25, 0.3) is 11.7 Å². The number of nitrogens with zero attached hydrogens (tertiary/aromatic N) is 2. The maximum absolute atomic E-state index is 13.1. The molecule has 1 aliphatic rings. The van der Waals surface area contributed by atoms with Crippen LogP contribution in [0.2, 0.25) is 5.02 Å². The largest absolute Gasteiger partial charge is 0.507 e. The number of likely N-dealkylation sites (tertiary alicyclic amines) is 1. The van der Waals surface area contributed by atoms with Crippen LogP contribution in [-0.4, -0.2) is 59.4 Å². The Morgan fingerprint density at radius 2 is 1.68 bits per heavy atom. The van der Waals surface area contributed by atoms with Crippen molar-refractivity contribution in [1.29, 1.82) is 0 Å². The number of ether oxygens (including phenoxy) is 1. The summed E-state index contributed by atoms with van der Waals surface area (Å²) in [7, 11) is 0. The molecule has 0 aromatic heterocycles. The zero-order valence-electron chi connectivity index (χ0n) is 20.3. The summed E-state index contributed by atoms with van der Waals surface area (Å²) in [5, 5.41) is 11.8. The Kier molecular flexibility index (Phi) is 8.75. The predicted molar refractivity (Wildman–Crippen MR) is 135 cm³/mol. The van der Waals surface area contributed by atoms with Gasteiger partial charge in [-0.05, 0) is 61.0 Å². The lowest BCUT2D eigenvalue weighted by atomic mass is 9.95. The van der Waals surface area contributed by atoms with Crippen LogP contribution in [0, 0.1) is 5.92 Å². The van der Waals surface area contributed by atoms with E-state index < -0.39 is 17.7 Å².